The predicted molar refractivity (Wildman–Crippen MR) is 69.8 cm³/mol. The fourth-order valence-electron chi connectivity index (χ4n) is 1.34. The standard InChI is InChI=1S/C11H11BrN4O/c1-6-9(13)10(16-15-6)14-11(17)7-3-2-4-8(12)5-7/h2-5H,13H2,1H3,(H2,14,15,16,17). The van der Waals surface area contributed by atoms with Crippen LogP contribution in [0, 0.1) is 6.92 Å². The summed E-state index contributed by atoms with van der Waals surface area (Å²) in [6, 6.07) is 7.09. The first-order valence-electron chi connectivity index (χ1n) is 4.95. The highest BCUT2D eigenvalue weighted by molar-refractivity contribution is 9.10. The number of hydrogen-bond donors (Lipinski definition) is 3. The highest BCUT2D eigenvalue weighted by Gasteiger charge is 2.11. The van der Waals surface area contributed by atoms with E-state index < -0.39 is 0 Å². The van der Waals surface area contributed by atoms with Gasteiger partial charge in [0.1, 0.15) is 0 Å². The van der Waals surface area contributed by atoms with Crippen LogP contribution in [-0.4, -0.2) is 16.1 Å². The number of aromatic amines is 1. The number of nitrogens with zero attached hydrogens (tertiary/aromatic N) is 1. The van der Waals surface area contributed by atoms with E-state index in [0.717, 1.165) is 10.2 Å². The fourth-order valence-corrected chi connectivity index (χ4v) is 1.74. The number of nitrogens with two attached hydrogens (primary N) is 1. The van der Waals surface area contributed by atoms with Crippen LogP contribution < -0.4 is 11.1 Å². The van der Waals surface area contributed by atoms with Gasteiger partial charge in [0.25, 0.3) is 5.91 Å². The molecule has 0 saturated heterocycles. The number of anilines is 2. The van der Waals surface area contributed by atoms with Gasteiger partial charge in [0.05, 0.1) is 11.4 Å². The van der Waals surface area contributed by atoms with Gasteiger partial charge in [-0.2, -0.15) is 5.10 Å². The minimum absolute atomic E-state index is 0.246. The van der Waals surface area contributed by atoms with Crippen LogP contribution in [0.15, 0.2) is 28.7 Å². The first kappa shape index (κ1) is 11.7. The van der Waals surface area contributed by atoms with E-state index in [0.29, 0.717) is 17.1 Å². The van der Waals surface area contributed by atoms with Crippen molar-refractivity contribution in [3.63, 3.8) is 0 Å². The Bertz CT molecular complexity index is 564. The van der Waals surface area contributed by atoms with E-state index >= 15 is 0 Å². The molecule has 0 spiro atoms. The Morgan fingerprint density at radius 3 is 2.88 bits per heavy atom. The number of nitrogens with one attached hydrogen (secondary N) is 2. The van der Waals surface area contributed by atoms with Crippen molar-refractivity contribution in [2.75, 3.05) is 11.1 Å². The monoisotopic (exact) mass is 294 g/mol. The molecule has 0 saturated carbocycles. The molecule has 1 heterocycles. The van der Waals surface area contributed by atoms with Crippen LogP contribution in [0.2, 0.25) is 0 Å². The molecule has 0 aliphatic carbocycles. The molecule has 6 heteroatoms. The van der Waals surface area contributed by atoms with Crippen molar-refractivity contribution in [1.29, 1.82) is 0 Å². The number of aromatic nitrogens is 2. The van der Waals surface area contributed by atoms with Crippen LogP contribution >= 0.6 is 15.9 Å². The lowest BCUT2D eigenvalue weighted by Crippen LogP contribution is -2.13. The normalized spacial score (nSPS) is 10.2. The summed E-state index contributed by atoms with van der Waals surface area (Å²) < 4.78 is 0.844. The molecule has 0 aliphatic heterocycles. The molecule has 4 N–H and O–H groups in total. The minimum Gasteiger partial charge on any atom is -0.394 e. The number of carbonyl (C=O) groups is 1. The molecule has 1 aromatic carbocycles. The second-order valence-corrected chi connectivity index (χ2v) is 4.49. The van der Waals surface area contributed by atoms with Gasteiger partial charge in [0.2, 0.25) is 0 Å². The lowest BCUT2D eigenvalue weighted by atomic mass is 10.2. The molecule has 5 nitrogen and oxygen atoms in total. The lowest BCUT2D eigenvalue weighted by molar-refractivity contribution is 0.102. The molecule has 0 aliphatic rings. The maximum atomic E-state index is 11.9. The first-order chi connectivity index (χ1) is 8.08. The number of rotatable bonds is 2. The van der Waals surface area contributed by atoms with Crippen LogP contribution in [0.25, 0.3) is 0 Å². The Labute approximate surface area is 107 Å². The van der Waals surface area contributed by atoms with Gasteiger partial charge in [-0.3, -0.25) is 9.89 Å². The summed E-state index contributed by atoms with van der Waals surface area (Å²) in [7, 11) is 0. The predicted octanol–water partition coefficient (Wildman–Crippen LogP) is 2.32. The molecule has 1 amide bonds. The summed E-state index contributed by atoms with van der Waals surface area (Å²) in [5, 5.41) is 9.26. The summed E-state index contributed by atoms with van der Waals surface area (Å²) in [5.41, 5.74) is 7.47. The van der Waals surface area contributed by atoms with Gasteiger partial charge < -0.3 is 11.1 Å². The maximum absolute atomic E-state index is 11.9. The molecule has 1 aromatic heterocycles. The average Bonchev–Trinajstić information content (AvgIpc) is 2.61. The van der Waals surface area contributed by atoms with Crippen molar-refractivity contribution >= 4 is 33.3 Å². The van der Waals surface area contributed by atoms with Gasteiger partial charge in [-0.05, 0) is 25.1 Å². The molecule has 0 bridgehead atoms. The molecule has 0 atom stereocenters. The first-order valence-corrected chi connectivity index (χ1v) is 5.74. The molecule has 17 heavy (non-hydrogen) atoms. The van der Waals surface area contributed by atoms with Gasteiger partial charge in [-0.15, -0.1) is 0 Å². The zero-order valence-corrected chi connectivity index (χ0v) is 10.7. The number of H-pyrrole nitrogens is 1. The molecule has 0 radical (unpaired) electrons. The van der Waals surface area contributed by atoms with E-state index in [1.165, 1.54) is 0 Å². The summed E-state index contributed by atoms with van der Waals surface area (Å²) >= 11 is 3.31. The van der Waals surface area contributed by atoms with Crippen molar-refractivity contribution in [1.82, 2.24) is 10.2 Å². The molecule has 0 fully saturated rings. The number of amides is 1. The number of benzene rings is 1. The van der Waals surface area contributed by atoms with Gasteiger partial charge in [-0.25, -0.2) is 0 Å². The SMILES string of the molecule is Cc1[nH]nc(NC(=O)c2cccc(Br)c2)c1N. The smallest absolute Gasteiger partial charge is 0.256 e. The van der Waals surface area contributed by atoms with Crippen molar-refractivity contribution in [3.8, 4) is 0 Å². The van der Waals surface area contributed by atoms with E-state index in [-0.39, 0.29) is 5.91 Å². The third-order valence-corrected chi connectivity index (χ3v) is 2.81. The molecule has 0 unspecified atom stereocenters. The molecular formula is C11H11BrN4O. The minimum atomic E-state index is -0.246. The second-order valence-electron chi connectivity index (χ2n) is 3.58. The van der Waals surface area contributed by atoms with E-state index in [1.54, 1.807) is 25.1 Å². The van der Waals surface area contributed by atoms with Gasteiger partial charge in [0.15, 0.2) is 5.82 Å². The quantitative estimate of drug-likeness (QED) is 0.795. The van der Waals surface area contributed by atoms with Crippen LogP contribution in [0.1, 0.15) is 16.1 Å². The van der Waals surface area contributed by atoms with Crippen LogP contribution in [0.5, 0.6) is 0 Å². The van der Waals surface area contributed by atoms with E-state index in [4.69, 9.17) is 5.73 Å². The largest absolute Gasteiger partial charge is 0.394 e. The number of hydrogen-bond acceptors (Lipinski definition) is 3. The lowest BCUT2D eigenvalue weighted by Gasteiger charge is -2.03. The van der Waals surface area contributed by atoms with Crippen LogP contribution in [0.4, 0.5) is 11.5 Å². The number of halogens is 1. The Morgan fingerprint density at radius 2 is 2.29 bits per heavy atom. The Morgan fingerprint density at radius 1 is 1.53 bits per heavy atom. The Balaban J connectivity index is 2.20. The fraction of sp³-hybridized carbons (Fsp3) is 0.0909. The third-order valence-electron chi connectivity index (χ3n) is 2.31. The van der Waals surface area contributed by atoms with Crippen LogP contribution in [-0.2, 0) is 0 Å². The summed E-state index contributed by atoms with van der Waals surface area (Å²) in [6.45, 7) is 1.79. The van der Waals surface area contributed by atoms with Crippen molar-refractivity contribution in [3.05, 3.63) is 40.0 Å². The molecule has 88 valence electrons. The highest BCUT2D eigenvalue weighted by atomic mass is 79.9. The maximum Gasteiger partial charge on any atom is 0.256 e. The molecular weight excluding hydrogens is 284 g/mol. The zero-order chi connectivity index (χ0) is 12.4. The second kappa shape index (κ2) is 4.58. The van der Waals surface area contributed by atoms with Crippen molar-refractivity contribution < 1.29 is 4.79 Å². The highest BCUT2D eigenvalue weighted by Crippen LogP contribution is 2.19. The third kappa shape index (κ3) is 2.47. The summed E-state index contributed by atoms with van der Waals surface area (Å²) in [4.78, 5) is 11.9. The number of nitrogen functional groups attached to an aromatic ring is 1. The van der Waals surface area contributed by atoms with Gasteiger partial charge in [0, 0.05) is 10.0 Å². The van der Waals surface area contributed by atoms with Crippen LogP contribution in [0.3, 0.4) is 0 Å². The Kier molecular flexibility index (Phi) is 3.14. The van der Waals surface area contributed by atoms with Crippen molar-refractivity contribution in [2.45, 2.75) is 6.92 Å². The molecule has 2 aromatic rings. The van der Waals surface area contributed by atoms with Gasteiger partial charge >= 0.3 is 0 Å². The Hall–Kier alpha value is -1.82. The summed E-state index contributed by atoms with van der Waals surface area (Å²) in [5.74, 6) is 0.108. The summed E-state index contributed by atoms with van der Waals surface area (Å²) in [6.07, 6.45) is 0. The topological polar surface area (TPSA) is 83.8 Å². The van der Waals surface area contributed by atoms with E-state index in [2.05, 4.69) is 31.4 Å². The number of carbonyl (C=O) groups excluding carboxylic acids is 1. The van der Waals surface area contributed by atoms with E-state index in [9.17, 15) is 4.79 Å². The van der Waals surface area contributed by atoms with Gasteiger partial charge in [-0.1, -0.05) is 22.0 Å². The number of aryl methyl sites for hydroxylation is 1. The zero-order valence-electron chi connectivity index (χ0n) is 9.12. The van der Waals surface area contributed by atoms with Crippen molar-refractivity contribution in [2.24, 2.45) is 0 Å². The average molecular weight is 295 g/mol. The van der Waals surface area contributed by atoms with E-state index in [1.807, 2.05) is 6.07 Å². The molecule has 2 rings (SSSR count).